The highest BCUT2D eigenvalue weighted by molar-refractivity contribution is 6.30. The molecule has 3 amide bonds. The summed E-state index contributed by atoms with van der Waals surface area (Å²) in [6.45, 7) is 1.53. The number of fused-ring (bicyclic) bond motifs is 1. The number of Topliss-reactive ketones (excluding diaryl/α,β-unsaturated/α-hetero) is 1. The summed E-state index contributed by atoms with van der Waals surface area (Å²) in [4.78, 5) is 53.5. The zero-order valence-electron chi connectivity index (χ0n) is 18.5. The molecule has 172 valence electrons. The molecular formula is C25H25ClN2O5. The van der Waals surface area contributed by atoms with Crippen molar-refractivity contribution < 1.29 is 23.9 Å². The number of carbonyl (C=O) groups excluding carboxylic acids is 4. The largest absolute Gasteiger partial charge is 0.497 e. The van der Waals surface area contributed by atoms with Crippen molar-refractivity contribution in [3.05, 3.63) is 64.7 Å². The number of hydrogen-bond acceptors (Lipinski definition) is 5. The summed E-state index contributed by atoms with van der Waals surface area (Å²) in [6, 6.07) is 11.5. The van der Waals surface area contributed by atoms with Crippen LogP contribution in [0.15, 0.2) is 48.5 Å². The van der Waals surface area contributed by atoms with E-state index in [0.717, 1.165) is 22.9 Å². The number of ketones is 1. The molecule has 2 aromatic rings. The van der Waals surface area contributed by atoms with Crippen LogP contribution in [0.1, 0.15) is 53.3 Å². The van der Waals surface area contributed by atoms with E-state index < -0.39 is 41.4 Å². The van der Waals surface area contributed by atoms with Crippen molar-refractivity contribution in [2.24, 2.45) is 11.8 Å². The molecule has 2 aliphatic rings. The molecule has 33 heavy (non-hydrogen) atoms. The zero-order valence-corrected chi connectivity index (χ0v) is 19.2. The predicted molar refractivity (Wildman–Crippen MR) is 122 cm³/mol. The van der Waals surface area contributed by atoms with Crippen LogP contribution in [0, 0.1) is 11.8 Å². The summed E-state index contributed by atoms with van der Waals surface area (Å²) in [5.41, 5.74) is 0.568. The van der Waals surface area contributed by atoms with E-state index in [9.17, 15) is 19.2 Å². The van der Waals surface area contributed by atoms with Crippen LogP contribution in [-0.2, 0) is 9.59 Å². The first-order valence-corrected chi connectivity index (χ1v) is 11.4. The van der Waals surface area contributed by atoms with Gasteiger partial charge in [0.2, 0.25) is 0 Å². The summed E-state index contributed by atoms with van der Waals surface area (Å²) < 4.78 is 5.14. The molecule has 2 aromatic carbocycles. The van der Waals surface area contributed by atoms with Crippen LogP contribution in [0.5, 0.6) is 5.75 Å². The first-order chi connectivity index (χ1) is 15.8. The number of methoxy groups -OCH3 is 1. The standard InChI is InChI=1S/C25H25ClN2O5/c1-15(22(29)16-9-13-19(33-2)14-10-16)27(23(30)17-7-11-18(26)12-8-17)28-24(31)20-5-3-4-6-21(20)25(28)32/h7-15,20-21H,3-6H2,1-2H3/t15-,20-,21+/m0/s1. The Hall–Kier alpha value is -3.19. The van der Waals surface area contributed by atoms with Crippen LogP contribution in [0.4, 0.5) is 0 Å². The van der Waals surface area contributed by atoms with Crippen molar-refractivity contribution in [2.75, 3.05) is 7.11 Å². The van der Waals surface area contributed by atoms with Gasteiger partial charge in [0.25, 0.3) is 17.7 Å². The van der Waals surface area contributed by atoms with E-state index in [-0.39, 0.29) is 5.56 Å². The lowest BCUT2D eigenvalue weighted by Gasteiger charge is -2.34. The molecule has 0 aromatic heterocycles. The molecule has 4 rings (SSSR count). The van der Waals surface area contributed by atoms with Gasteiger partial charge in [0.1, 0.15) is 11.8 Å². The van der Waals surface area contributed by atoms with Crippen LogP contribution < -0.4 is 4.74 Å². The molecule has 0 spiro atoms. The van der Waals surface area contributed by atoms with E-state index in [1.807, 2.05) is 0 Å². The number of carbonyl (C=O) groups is 4. The number of rotatable bonds is 6. The molecule has 0 bridgehead atoms. The number of halogens is 1. The number of amides is 3. The minimum absolute atomic E-state index is 0.226. The molecule has 0 radical (unpaired) electrons. The highest BCUT2D eigenvalue weighted by Crippen LogP contribution is 2.39. The van der Waals surface area contributed by atoms with Gasteiger partial charge in [-0.05, 0) is 68.3 Å². The maximum Gasteiger partial charge on any atom is 0.273 e. The monoisotopic (exact) mass is 468 g/mol. The van der Waals surface area contributed by atoms with Gasteiger partial charge in [0, 0.05) is 16.1 Å². The van der Waals surface area contributed by atoms with Crippen LogP contribution in [-0.4, -0.2) is 46.7 Å². The zero-order chi connectivity index (χ0) is 23.7. The van der Waals surface area contributed by atoms with Crippen molar-refractivity contribution in [3.8, 4) is 5.75 Å². The minimum atomic E-state index is -1.09. The van der Waals surface area contributed by atoms with Crippen molar-refractivity contribution in [2.45, 2.75) is 38.6 Å². The number of hydrazine groups is 1. The van der Waals surface area contributed by atoms with E-state index in [2.05, 4.69) is 0 Å². The Kier molecular flexibility index (Phi) is 6.51. The number of hydrogen-bond donors (Lipinski definition) is 0. The van der Waals surface area contributed by atoms with E-state index >= 15 is 0 Å². The fourth-order valence-corrected chi connectivity index (χ4v) is 4.76. The molecule has 3 atom stereocenters. The topological polar surface area (TPSA) is 84.0 Å². The Morgan fingerprint density at radius 1 is 0.939 bits per heavy atom. The van der Waals surface area contributed by atoms with Crippen LogP contribution in [0.25, 0.3) is 0 Å². The van der Waals surface area contributed by atoms with E-state index in [0.29, 0.717) is 29.2 Å². The maximum atomic E-state index is 13.6. The summed E-state index contributed by atoms with van der Waals surface area (Å²) >= 11 is 5.96. The lowest BCUT2D eigenvalue weighted by atomic mass is 9.81. The van der Waals surface area contributed by atoms with Crippen LogP contribution in [0.3, 0.4) is 0 Å². The Balaban J connectivity index is 1.72. The Morgan fingerprint density at radius 3 is 1.97 bits per heavy atom. The van der Waals surface area contributed by atoms with Crippen LogP contribution >= 0.6 is 11.6 Å². The second-order valence-electron chi connectivity index (χ2n) is 8.41. The van der Waals surface area contributed by atoms with Gasteiger partial charge in [0.15, 0.2) is 5.78 Å². The van der Waals surface area contributed by atoms with Gasteiger partial charge in [-0.25, -0.2) is 5.01 Å². The third-order valence-corrected chi connectivity index (χ3v) is 6.71. The first-order valence-electron chi connectivity index (χ1n) is 11.0. The molecule has 1 aliphatic heterocycles. The van der Waals surface area contributed by atoms with E-state index in [4.69, 9.17) is 16.3 Å². The predicted octanol–water partition coefficient (Wildman–Crippen LogP) is 4.15. The summed E-state index contributed by atoms with van der Waals surface area (Å²) in [7, 11) is 1.52. The molecule has 1 aliphatic carbocycles. The number of ether oxygens (including phenoxy) is 1. The number of imide groups is 1. The van der Waals surface area contributed by atoms with Gasteiger partial charge in [-0.1, -0.05) is 24.4 Å². The van der Waals surface area contributed by atoms with Gasteiger partial charge in [-0.15, -0.1) is 0 Å². The maximum absolute atomic E-state index is 13.6. The fraction of sp³-hybridized carbons (Fsp3) is 0.360. The highest BCUT2D eigenvalue weighted by Gasteiger charge is 2.53. The van der Waals surface area contributed by atoms with Gasteiger partial charge in [-0.3, -0.25) is 19.2 Å². The van der Waals surface area contributed by atoms with Crippen molar-refractivity contribution in [1.82, 2.24) is 10.0 Å². The summed E-state index contributed by atoms with van der Waals surface area (Å²) in [6.07, 6.45) is 2.93. The summed E-state index contributed by atoms with van der Waals surface area (Å²) in [5, 5.41) is 2.39. The average Bonchev–Trinajstić information content (AvgIpc) is 3.09. The fourth-order valence-electron chi connectivity index (χ4n) is 4.63. The Labute approximate surface area is 197 Å². The van der Waals surface area contributed by atoms with Gasteiger partial charge in [0.05, 0.1) is 18.9 Å². The quantitative estimate of drug-likeness (QED) is 0.469. The Bertz CT molecular complexity index is 1060. The van der Waals surface area contributed by atoms with Gasteiger partial charge >= 0.3 is 0 Å². The lowest BCUT2D eigenvalue weighted by Crippen LogP contribution is -2.56. The molecule has 0 unspecified atom stereocenters. The van der Waals surface area contributed by atoms with Gasteiger partial charge < -0.3 is 4.74 Å². The highest BCUT2D eigenvalue weighted by atomic mass is 35.5. The Morgan fingerprint density at radius 2 is 1.45 bits per heavy atom. The smallest absolute Gasteiger partial charge is 0.273 e. The number of nitrogens with zero attached hydrogens (tertiary/aromatic N) is 2. The molecule has 1 heterocycles. The molecule has 1 saturated heterocycles. The van der Waals surface area contributed by atoms with Gasteiger partial charge in [-0.2, -0.15) is 5.01 Å². The third kappa shape index (κ3) is 4.25. The van der Waals surface area contributed by atoms with Crippen molar-refractivity contribution >= 4 is 35.1 Å². The first kappa shape index (κ1) is 23.0. The molecule has 1 saturated carbocycles. The van der Waals surface area contributed by atoms with E-state index in [1.54, 1.807) is 36.4 Å². The van der Waals surface area contributed by atoms with Crippen molar-refractivity contribution in [3.63, 3.8) is 0 Å². The van der Waals surface area contributed by atoms with E-state index in [1.165, 1.54) is 26.2 Å². The van der Waals surface area contributed by atoms with Crippen molar-refractivity contribution in [1.29, 1.82) is 0 Å². The normalized spacial score (nSPS) is 20.9. The summed E-state index contributed by atoms with van der Waals surface area (Å²) in [5.74, 6) is -2.15. The molecule has 8 heteroatoms. The second-order valence-corrected chi connectivity index (χ2v) is 8.85. The van der Waals surface area contributed by atoms with Crippen LogP contribution in [0.2, 0.25) is 5.02 Å². The number of benzene rings is 2. The third-order valence-electron chi connectivity index (χ3n) is 6.45. The molecular weight excluding hydrogens is 444 g/mol. The molecule has 7 nitrogen and oxygen atoms in total. The lowest BCUT2D eigenvalue weighted by molar-refractivity contribution is -0.156. The minimum Gasteiger partial charge on any atom is -0.497 e. The average molecular weight is 469 g/mol. The second kappa shape index (κ2) is 9.35. The SMILES string of the molecule is COc1ccc(C(=O)[C@H](C)N(C(=O)c2ccc(Cl)cc2)N2C(=O)[C@H]3CCCC[C@H]3C2=O)cc1. The molecule has 0 N–H and O–H groups in total. The molecule has 2 fully saturated rings.